The minimum Gasteiger partial charge on any atom is -0.496 e. The second-order valence-corrected chi connectivity index (χ2v) is 5.74. The summed E-state index contributed by atoms with van der Waals surface area (Å²) < 4.78 is 10.6. The minimum absolute atomic E-state index is 0.225. The van der Waals surface area contributed by atoms with Crippen molar-refractivity contribution in [1.82, 2.24) is 0 Å². The first-order chi connectivity index (χ1) is 11.8. The van der Waals surface area contributed by atoms with Crippen LogP contribution in [-0.4, -0.2) is 26.0 Å². The summed E-state index contributed by atoms with van der Waals surface area (Å²) in [5.41, 5.74) is 2.18. The molecule has 25 heavy (non-hydrogen) atoms. The van der Waals surface area contributed by atoms with Gasteiger partial charge in [-0.1, -0.05) is 11.6 Å². The van der Waals surface area contributed by atoms with Crippen molar-refractivity contribution < 1.29 is 19.1 Å². The summed E-state index contributed by atoms with van der Waals surface area (Å²) in [5.74, 6) is 0.560. The van der Waals surface area contributed by atoms with E-state index in [4.69, 9.17) is 21.1 Å². The van der Waals surface area contributed by atoms with E-state index >= 15 is 0 Å². The molecule has 0 aliphatic heterocycles. The van der Waals surface area contributed by atoms with Gasteiger partial charge in [0.25, 0.3) is 5.91 Å². The van der Waals surface area contributed by atoms with Gasteiger partial charge < -0.3 is 20.1 Å². The highest BCUT2D eigenvalue weighted by molar-refractivity contribution is 6.34. The second-order valence-electron chi connectivity index (χ2n) is 5.34. The smallest absolute Gasteiger partial charge is 0.255 e. The van der Waals surface area contributed by atoms with Crippen molar-refractivity contribution in [3.8, 4) is 11.5 Å². The van der Waals surface area contributed by atoms with Gasteiger partial charge in [-0.05, 0) is 37.3 Å². The lowest BCUT2D eigenvalue weighted by atomic mass is 10.1. The summed E-state index contributed by atoms with van der Waals surface area (Å²) in [6.45, 7) is 3.24. The van der Waals surface area contributed by atoms with Crippen molar-refractivity contribution in [3.63, 3.8) is 0 Å². The van der Waals surface area contributed by atoms with Crippen molar-refractivity contribution in [2.45, 2.75) is 13.8 Å². The first kappa shape index (κ1) is 18.6. The van der Waals surface area contributed by atoms with Gasteiger partial charge in [0.2, 0.25) is 5.91 Å². The molecule has 2 aromatic rings. The summed E-state index contributed by atoms with van der Waals surface area (Å²) in [4.78, 5) is 23.6. The summed E-state index contributed by atoms with van der Waals surface area (Å²) in [6.07, 6.45) is 0. The first-order valence-electron chi connectivity index (χ1n) is 7.46. The molecule has 0 fully saturated rings. The van der Waals surface area contributed by atoms with Crippen LogP contribution in [0.15, 0.2) is 30.3 Å². The van der Waals surface area contributed by atoms with Gasteiger partial charge in [0.1, 0.15) is 11.5 Å². The van der Waals surface area contributed by atoms with E-state index in [-0.39, 0.29) is 11.8 Å². The Balaban J connectivity index is 2.25. The third-order valence-corrected chi connectivity index (χ3v) is 3.86. The molecule has 2 rings (SSSR count). The van der Waals surface area contributed by atoms with E-state index in [1.807, 2.05) is 6.92 Å². The van der Waals surface area contributed by atoms with Crippen LogP contribution in [0.1, 0.15) is 22.8 Å². The minimum atomic E-state index is -0.333. The summed E-state index contributed by atoms with van der Waals surface area (Å²) in [5, 5.41) is 5.69. The van der Waals surface area contributed by atoms with E-state index in [2.05, 4.69) is 10.6 Å². The molecule has 2 amide bonds. The van der Waals surface area contributed by atoms with Crippen molar-refractivity contribution in [2.75, 3.05) is 24.9 Å². The van der Waals surface area contributed by atoms with E-state index in [9.17, 15) is 9.59 Å². The molecule has 0 heterocycles. The molecule has 0 saturated heterocycles. The number of anilines is 2. The van der Waals surface area contributed by atoms with E-state index in [1.54, 1.807) is 30.3 Å². The zero-order chi connectivity index (χ0) is 18.6. The van der Waals surface area contributed by atoms with Crippen LogP contribution in [0.3, 0.4) is 0 Å². The number of methoxy groups -OCH3 is 2. The zero-order valence-corrected chi connectivity index (χ0v) is 15.2. The summed E-state index contributed by atoms with van der Waals surface area (Å²) in [6, 6.07) is 8.11. The normalized spacial score (nSPS) is 10.1. The highest BCUT2D eigenvalue weighted by Crippen LogP contribution is 2.30. The second kappa shape index (κ2) is 7.90. The number of ether oxygens (including phenoxy) is 2. The van der Waals surface area contributed by atoms with Crippen LogP contribution in [0.2, 0.25) is 5.02 Å². The Kier molecular flexibility index (Phi) is 5.88. The van der Waals surface area contributed by atoms with Gasteiger partial charge in [0, 0.05) is 23.7 Å². The molecule has 0 spiro atoms. The number of amides is 2. The molecule has 0 radical (unpaired) electrons. The van der Waals surface area contributed by atoms with Crippen LogP contribution in [0.25, 0.3) is 0 Å². The molecule has 0 saturated carbocycles. The predicted molar refractivity (Wildman–Crippen MR) is 98.0 cm³/mol. The van der Waals surface area contributed by atoms with Crippen LogP contribution < -0.4 is 20.1 Å². The topological polar surface area (TPSA) is 76.7 Å². The Hall–Kier alpha value is -2.73. The van der Waals surface area contributed by atoms with E-state index in [0.29, 0.717) is 33.5 Å². The quantitative estimate of drug-likeness (QED) is 0.846. The van der Waals surface area contributed by atoms with Crippen LogP contribution >= 0.6 is 11.6 Å². The van der Waals surface area contributed by atoms with E-state index in [1.165, 1.54) is 21.1 Å². The average molecular weight is 363 g/mol. The number of hydrogen-bond donors (Lipinski definition) is 2. The van der Waals surface area contributed by atoms with Gasteiger partial charge in [-0.25, -0.2) is 0 Å². The third kappa shape index (κ3) is 4.42. The SMILES string of the molecule is COc1cc(C(=O)Nc2ccc(NC(C)=O)c(Cl)c2)cc(OC)c1C. The molecule has 2 aromatic carbocycles. The van der Waals surface area contributed by atoms with Crippen molar-refractivity contribution >= 4 is 34.8 Å². The van der Waals surface area contributed by atoms with Crippen LogP contribution in [-0.2, 0) is 4.79 Å². The van der Waals surface area contributed by atoms with E-state index in [0.717, 1.165) is 5.56 Å². The number of benzene rings is 2. The van der Waals surface area contributed by atoms with Crippen molar-refractivity contribution in [2.24, 2.45) is 0 Å². The van der Waals surface area contributed by atoms with Crippen molar-refractivity contribution in [1.29, 1.82) is 0 Å². The maximum Gasteiger partial charge on any atom is 0.255 e. The Morgan fingerprint density at radius 3 is 2.08 bits per heavy atom. The Bertz CT molecular complexity index is 796. The van der Waals surface area contributed by atoms with Gasteiger partial charge in [-0.15, -0.1) is 0 Å². The highest BCUT2D eigenvalue weighted by atomic mass is 35.5. The van der Waals surface area contributed by atoms with Crippen molar-refractivity contribution in [3.05, 3.63) is 46.5 Å². The van der Waals surface area contributed by atoms with Gasteiger partial charge in [0.15, 0.2) is 0 Å². The third-order valence-electron chi connectivity index (χ3n) is 3.55. The monoisotopic (exact) mass is 362 g/mol. The Morgan fingerprint density at radius 2 is 1.60 bits per heavy atom. The Labute approximate surface area is 151 Å². The fourth-order valence-corrected chi connectivity index (χ4v) is 2.53. The molecule has 6 nitrogen and oxygen atoms in total. The first-order valence-corrected chi connectivity index (χ1v) is 7.84. The number of carbonyl (C=O) groups is 2. The maximum atomic E-state index is 12.5. The van der Waals surface area contributed by atoms with Gasteiger partial charge in [-0.2, -0.15) is 0 Å². The molecule has 7 heteroatoms. The highest BCUT2D eigenvalue weighted by Gasteiger charge is 2.14. The van der Waals surface area contributed by atoms with Gasteiger partial charge in [-0.3, -0.25) is 9.59 Å². The summed E-state index contributed by atoms with van der Waals surface area (Å²) in [7, 11) is 3.06. The lowest BCUT2D eigenvalue weighted by Gasteiger charge is -2.13. The van der Waals surface area contributed by atoms with Crippen LogP contribution in [0.5, 0.6) is 11.5 Å². The Morgan fingerprint density at radius 1 is 1.00 bits per heavy atom. The lowest BCUT2D eigenvalue weighted by Crippen LogP contribution is -2.13. The fraction of sp³-hybridized carbons (Fsp3) is 0.222. The molecule has 0 unspecified atom stereocenters. The largest absolute Gasteiger partial charge is 0.496 e. The maximum absolute atomic E-state index is 12.5. The molecule has 132 valence electrons. The number of carbonyl (C=O) groups excluding carboxylic acids is 2. The fourth-order valence-electron chi connectivity index (χ4n) is 2.30. The number of hydrogen-bond acceptors (Lipinski definition) is 4. The average Bonchev–Trinajstić information content (AvgIpc) is 2.57. The number of rotatable bonds is 5. The van der Waals surface area contributed by atoms with E-state index < -0.39 is 0 Å². The number of halogens is 1. The zero-order valence-electron chi connectivity index (χ0n) is 14.4. The molecular weight excluding hydrogens is 344 g/mol. The molecule has 0 aliphatic carbocycles. The van der Waals surface area contributed by atoms with Crippen LogP contribution in [0.4, 0.5) is 11.4 Å². The predicted octanol–water partition coefficient (Wildman–Crippen LogP) is 3.88. The molecule has 0 aliphatic rings. The number of nitrogens with one attached hydrogen (secondary N) is 2. The lowest BCUT2D eigenvalue weighted by molar-refractivity contribution is -0.114. The molecule has 0 bridgehead atoms. The van der Waals surface area contributed by atoms with Crippen LogP contribution in [0, 0.1) is 6.92 Å². The van der Waals surface area contributed by atoms with Gasteiger partial charge >= 0.3 is 0 Å². The molecule has 2 N–H and O–H groups in total. The molecular formula is C18H19ClN2O4. The molecule has 0 aromatic heterocycles. The summed E-state index contributed by atoms with van der Waals surface area (Å²) >= 11 is 6.11. The standard InChI is InChI=1S/C18H19ClN2O4/c1-10-16(24-3)7-12(8-17(10)25-4)18(23)21-13-5-6-15(14(19)9-13)20-11(2)22/h5-9H,1-4H3,(H,20,22)(H,21,23). The molecule has 0 atom stereocenters. The van der Waals surface area contributed by atoms with Gasteiger partial charge in [0.05, 0.1) is 24.9 Å².